The van der Waals surface area contributed by atoms with Gasteiger partial charge in [-0.3, -0.25) is 0 Å². The van der Waals surface area contributed by atoms with E-state index in [4.69, 9.17) is 15.1 Å². The molecule has 20 heavy (non-hydrogen) atoms. The molecule has 0 radical (unpaired) electrons. The zero-order valence-corrected chi connectivity index (χ0v) is 9.64. The van der Waals surface area contributed by atoms with Gasteiger partial charge in [0.25, 0.3) is 0 Å². The maximum atomic E-state index is 12.8. The molecule has 1 aliphatic rings. The minimum atomic E-state index is -4.84. The fourth-order valence-electron chi connectivity index (χ4n) is 1.74. The van der Waals surface area contributed by atoms with Gasteiger partial charge in [-0.15, -0.1) is 4.99 Å². The number of halogens is 3. The fraction of sp³-hybridized carbons (Fsp3) is 0.182. The second kappa shape index (κ2) is 5.02. The molecule has 0 aromatic heterocycles. The van der Waals surface area contributed by atoms with E-state index < -0.39 is 23.8 Å². The molecule has 3 N–H and O–H groups in total. The molecule has 108 valence electrons. The van der Waals surface area contributed by atoms with Crippen LogP contribution in [0, 0.1) is 0 Å². The first kappa shape index (κ1) is 14.2. The molecule has 0 saturated heterocycles. The van der Waals surface area contributed by atoms with Crippen LogP contribution in [-0.4, -0.2) is 28.6 Å². The van der Waals surface area contributed by atoms with Crippen molar-refractivity contribution in [2.24, 2.45) is 0 Å². The molecule has 0 bridgehead atoms. The summed E-state index contributed by atoms with van der Waals surface area (Å²) in [6.07, 6.45) is -6.50. The number of hydrogen-bond acceptors (Lipinski definition) is 5. The molecular formula is C11H8F3NO5. The van der Waals surface area contributed by atoms with Crippen LogP contribution < -0.4 is 10.2 Å². The first-order chi connectivity index (χ1) is 9.32. The van der Waals surface area contributed by atoms with Crippen molar-refractivity contribution in [3.63, 3.8) is 0 Å². The first-order valence-corrected chi connectivity index (χ1v) is 5.21. The molecule has 1 heterocycles. The Morgan fingerprint density at radius 2 is 2.10 bits per heavy atom. The molecule has 0 aliphatic carbocycles. The zero-order chi connectivity index (χ0) is 14.9. The number of alkyl halides is 3. The summed E-state index contributed by atoms with van der Waals surface area (Å²) in [6.45, 7) is 0. The summed E-state index contributed by atoms with van der Waals surface area (Å²) in [4.78, 5) is 14.6. The molecule has 0 fully saturated rings. The van der Waals surface area contributed by atoms with E-state index in [-0.39, 0.29) is 17.0 Å². The minimum absolute atomic E-state index is 0.116. The van der Waals surface area contributed by atoms with Gasteiger partial charge in [0.1, 0.15) is 5.75 Å². The summed E-state index contributed by atoms with van der Waals surface area (Å²) in [7, 11) is 0. The van der Waals surface area contributed by atoms with Gasteiger partial charge in [-0.1, -0.05) is 0 Å². The maximum Gasteiger partial charge on any atom is 0.430 e. The number of rotatable bonds is 3. The van der Waals surface area contributed by atoms with Gasteiger partial charge in [0.15, 0.2) is 0 Å². The molecule has 1 aliphatic heterocycles. The van der Waals surface area contributed by atoms with E-state index in [1.54, 1.807) is 0 Å². The highest BCUT2D eigenvalue weighted by Crippen LogP contribution is 2.38. The summed E-state index contributed by atoms with van der Waals surface area (Å²) >= 11 is 0. The van der Waals surface area contributed by atoms with Gasteiger partial charge in [-0.05, 0) is 24.3 Å². The van der Waals surface area contributed by atoms with Crippen molar-refractivity contribution < 1.29 is 38.1 Å². The number of aliphatic carboxylic acids is 1. The Bertz CT molecular complexity index is 570. The smallest absolute Gasteiger partial charge is 0.430 e. The second-order valence-electron chi connectivity index (χ2n) is 3.89. The number of anilines is 1. The zero-order valence-electron chi connectivity index (χ0n) is 9.64. The van der Waals surface area contributed by atoms with Crippen LogP contribution >= 0.6 is 0 Å². The predicted molar refractivity (Wildman–Crippen MR) is 59.9 cm³/mol. The van der Waals surface area contributed by atoms with E-state index in [1.807, 2.05) is 5.48 Å². The summed E-state index contributed by atoms with van der Waals surface area (Å²) in [5.74, 6) is -1.85. The molecule has 1 atom stereocenters. The Kier molecular flexibility index (Phi) is 3.55. The molecule has 1 aromatic rings. The Balaban J connectivity index is 2.46. The lowest BCUT2D eigenvalue weighted by Gasteiger charge is -2.27. The van der Waals surface area contributed by atoms with Gasteiger partial charge in [-0.2, -0.15) is 13.2 Å². The molecule has 9 heteroatoms. The Labute approximate surface area is 109 Å². The molecule has 0 saturated carbocycles. The largest absolute Gasteiger partial charge is 0.478 e. The van der Waals surface area contributed by atoms with E-state index in [0.717, 1.165) is 6.08 Å². The molecule has 2 rings (SSSR count). The molecule has 6 nitrogen and oxygen atoms in total. The van der Waals surface area contributed by atoms with Crippen molar-refractivity contribution in [1.82, 2.24) is 0 Å². The SMILES string of the molecule is O=C(O)C1=Cc2cc(NOO)ccc2OC1C(F)(F)F. The van der Waals surface area contributed by atoms with Crippen molar-refractivity contribution in [2.75, 3.05) is 5.48 Å². The number of carbonyl (C=O) groups is 1. The lowest BCUT2D eigenvalue weighted by Crippen LogP contribution is -2.40. The van der Waals surface area contributed by atoms with E-state index in [0.29, 0.717) is 0 Å². The number of carboxylic acid groups (broad SMARTS) is 1. The number of nitrogens with one attached hydrogen (secondary N) is 1. The molecule has 0 amide bonds. The Morgan fingerprint density at radius 3 is 2.65 bits per heavy atom. The first-order valence-electron chi connectivity index (χ1n) is 5.21. The average Bonchev–Trinajstić information content (AvgIpc) is 2.36. The number of benzene rings is 1. The van der Waals surface area contributed by atoms with Crippen LogP contribution in [0.2, 0.25) is 0 Å². The Morgan fingerprint density at radius 1 is 1.40 bits per heavy atom. The highest BCUT2D eigenvalue weighted by molar-refractivity contribution is 5.95. The Hall–Kier alpha value is -2.26. The van der Waals surface area contributed by atoms with Crippen LogP contribution in [0.1, 0.15) is 5.56 Å². The van der Waals surface area contributed by atoms with Crippen molar-refractivity contribution in [2.45, 2.75) is 12.3 Å². The maximum absolute atomic E-state index is 12.8. The number of carboxylic acids is 1. The van der Waals surface area contributed by atoms with E-state index in [2.05, 4.69) is 4.99 Å². The number of ether oxygens (including phenoxy) is 1. The normalized spacial score (nSPS) is 17.8. The molecule has 0 spiro atoms. The number of hydrogen-bond donors (Lipinski definition) is 3. The van der Waals surface area contributed by atoms with E-state index in [1.165, 1.54) is 18.2 Å². The average molecular weight is 291 g/mol. The standard InChI is InChI=1S/C11H8F3NO5/c12-11(13,14)9-7(10(16)17)4-5-3-6(15-20-18)1-2-8(5)19-9/h1-4,9,15,18H,(H,16,17). The highest BCUT2D eigenvalue weighted by Gasteiger charge is 2.48. The van der Waals surface area contributed by atoms with Crippen molar-refractivity contribution in [3.8, 4) is 5.75 Å². The van der Waals surface area contributed by atoms with Crippen molar-refractivity contribution in [3.05, 3.63) is 29.3 Å². The van der Waals surface area contributed by atoms with Crippen LogP contribution in [-0.2, 0) is 9.78 Å². The van der Waals surface area contributed by atoms with Gasteiger partial charge in [-0.25, -0.2) is 15.5 Å². The third-order valence-electron chi connectivity index (χ3n) is 2.56. The van der Waals surface area contributed by atoms with Crippen LogP contribution in [0.25, 0.3) is 6.08 Å². The van der Waals surface area contributed by atoms with Crippen LogP contribution in [0.4, 0.5) is 18.9 Å². The second-order valence-corrected chi connectivity index (χ2v) is 3.89. The summed E-state index contributed by atoms with van der Waals surface area (Å²) in [6, 6.07) is 3.76. The van der Waals surface area contributed by atoms with Gasteiger partial charge in [0, 0.05) is 5.56 Å². The van der Waals surface area contributed by atoms with Crippen molar-refractivity contribution >= 4 is 17.7 Å². The van der Waals surface area contributed by atoms with Crippen LogP contribution in [0.3, 0.4) is 0 Å². The quantitative estimate of drug-likeness (QED) is 0.585. The number of fused-ring (bicyclic) bond motifs is 1. The van der Waals surface area contributed by atoms with E-state index in [9.17, 15) is 18.0 Å². The van der Waals surface area contributed by atoms with Gasteiger partial charge in [0.2, 0.25) is 6.10 Å². The summed E-state index contributed by atoms with van der Waals surface area (Å²) < 4.78 is 43.0. The fourth-order valence-corrected chi connectivity index (χ4v) is 1.74. The lowest BCUT2D eigenvalue weighted by molar-refractivity contribution is -0.215. The van der Waals surface area contributed by atoms with Crippen LogP contribution in [0.15, 0.2) is 23.8 Å². The topological polar surface area (TPSA) is 88.0 Å². The van der Waals surface area contributed by atoms with Crippen LogP contribution in [0.5, 0.6) is 5.75 Å². The molecule has 1 unspecified atom stereocenters. The summed E-state index contributed by atoms with van der Waals surface area (Å²) in [5.41, 5.74) is 1.45. The monoisotopic (exact) mass is 291 g/mol. The minimum Gasteiger partial charge on any atom is -0.478 e. The predicted octanol–water partition coefficient (Wildman–Crippen LogP) is 2.29. The lowest BCUT2D eigenvalue weighted by atomic mass is 10.0. The molecular weight excluding hydrogens is 283 g/mol. The third-order valence-corrected chi connectivity index (χ3v) is 2.56. The molecule has 1 aromatic carbocycles. The van der Waals surface area contributed by atoms with Gasteiger partial charge >= 0.3 is 12.1 Å². The van der Waals surface area contributed by atoms with Gasteiger partial charge < -0.3 is 9.84 Å². The van der Waals surface area contributed by atoms with E-state index >= 15 is 0 Å². The van der Waals surface area contributed by atoms with Gasteiger partial charge in [0.05, 0.1) is 11.3 Å². The third kappa shape index (κ3) is 2.68. The highest BCUT2D eigenvalue weighted by atomic mass is 19.4. The summed E-state index contributed by atoms with van der Waals surface area (Å²) in [5, 5.41) is 17.1. The van der Waals surface area contributed by atoms with Crippen molar-refractivity contribution in [1.29, 1.82) is 0 Å².